The SMILES string of the molecule is O=C(NC(Cc1ccc(OCc2ccccc2)cc1)C(=O)[O-])OCc1ccccc1.[Na+]. The number of carboxylic acids is 1. The van der Waals surface area contributed by atoms with Crippen LogP contribution in [0.1, 0.15) is 16.7 Å². The summed E-state index contributed by atoms with van der Waals surface area (Å²) in [4.78, 5) is 23.4. The van der Waals surface area contributed by atoms with Gasteiger partial charge in [-0.3, -0.25) is 0 Å². The van der Waals surface area contributed by atoms with E-state index in [1.807, 2.05) is 60.7 Å². The molecule has 1 atom stereocenters. The molecule has 1 unspecified atom stereocenters. The van der Waals surface area contributed by atoms with Crippen molar-refractivity contribution in [2.75, 3.05) is 0 Å². The van der Waals surface area contributed by atoms with Gasteiger partial charge >= 0.3 is 35.7 Å². The number of amides is 1. The molecule has 0 aliphatic rings. The summed E-state index contributed by atoms with van der Waals surface area (Å²) in [6, 6.07) is 24.7. The zero-order valence-corrected chi connectivity index (χ0v) is 19.3. The van der Waals surface area contributed by atoms with E-state index in [0.717, 1.165) is 16.7 Å². The third-order valence-corrected chi connectivity index (χ3v) is 4.40. The molecule has 0 saturated carbocycles. The smallest absolute Gasteiger partial charge is 0.548 e. The number of nitrogens with one attached hydrogen (secondary N) is 1. The largest absolute Gasteiger partial charge is 1.00 e. The van der Waals surface area contributed by atoms with Crippen LogP contribution in [0.2, 0.25) is 0 Å². The summed E-state index contributed by atoms with van der Waals surface area (Å²) >= 11 is 0. The number of hydrogen-bond acceptors (Lipinski definition) is 5. The Balaban J connectivity index is 0.00000341. The normalized spacial score (nSPS) is 11.0. The summed E-state index contributed by atoms with van der Waals surface area (Å²) in [5.74, 6) is -0.709. The standard InChI is InChI=1S/C24H23NO5.Na/c26-23(27)22(25-24(28)30-17-20-9-5-2-6-10-20)15-18-11-13-21(14-12-18)29-16-19-7-3-1-4-8-19;/h1-14,22H,15-17H2,(H,25,28)(H,26,27);/q;+1/p-1. The van der Waals surface area contributed by atoms with Gasteiger partial charge in [0.1, 0.15) is 19.0 Å². The Labute approximate surface area is 203 Å². The summed E-state index contributed by atoms with van der Waals surface area (Å²) in [6.45, 7) is 0.497. The molecule has 31 heavy (non-hydrogen) atoms. The van der Waals surface area contributed by atoms with Crippen molar-refractivity contribution in [3.63, 3.8) is 0 Å². The van der Waals surface area contributed by atoms with Crippen molar-refractivity contribution < 1.29 is 53.7 Å². The van der Waals surface area contributed by atoms with E-state index in [9.17, 15) is 14.7 Å². The van der Waals surface area contributed by atoms with Gasteiger partial charge in [0, 0.05) is 0 Å². The number of alkyl carbamates (subject to hydrolysis) is 1. The molecule has 0 saturated heterocycles. The van der Waals surface area contributed by atoms with E-state index < -0.39 is 18.1 Å². The number of hydrogen-bond donors (Lipinski definition) is 1. The minimum Gasteiger partial charge on any atom is -0.548 e. The Morgan fingerprint density at radius 1 is 0.774 bits per heavy atom. The van der Waals surface area contributed by atoms with Gasteiger partial charge in [-0.15, -0.1) is 0 Å². The van der Waals surface area contributed by atoms with Gasteiger partial charge in [0.2, 0.25) is 0 Å². The Morgan fingerprint density at radius 2 is 1.32 bits per heavy atom. The molecule has 1 amide bonds. The average Bonchev–Trinajstić information content (AvgIpc) is 2.78. The van der Waals surface area contributed by atoms with Crippen LogP contribution in [-0.2, 0) is 29.2 Å². The predicted octanol–water partition coefficient (Wildman–Crippen LogP) is -0.143. The molecular formula is C24H22NNaO5. The van der Waals surface area contributed by atoms with Crippen molar-refractivity contribution in [1.29, 1.82) is 0 Å². The Kier molecular flexibility index (Phi) is 10.1. The summed E-state index contributed by atoms with van der Waals surface area (Å²) < 4.78 is 10.8. The second kappa shape index (κ2) is 12.8. The first-order chi connectivity index (χ1) is 14.6. The molecule has 0 bridgehead atoms. The first kappa shape index (κ1) is 24.5. The number of carbonyl (C=O) groups is 2. The average molecular weight is 427 g/mol. The number of carbonyl (C=O) groups excluding carboxylic acids is 2. The van der Waals surface area contributed by atoms with Crippen LogP contribution in [0.3, 0.4) is 0 Å². The van der Waals surface area contributed by atoms with Crippen LogP contribution >= 0.6 is 0 Å². The molecule has 0 aromatic heterocycles. The minimum atomic E-state index is -1.38. The van der Waals surface area contributed by atoms with Crippen molar-refractivity contribution in [2.24, 2.45) is 0 Å². The van der Waals surface area contributed by atoms with E-state index in [-0.39, 0.29) is 42.6 Å². The van der Waals surface area contributed by atoms with Crippen molar-refractivity contribution in [1.82, 2.24) is 5.32 Å². The molecule has 7 heteroatoms. The first-order valence-electron chi connectivity index (χ1n) is 9.54. The molecule has 0 radical (unpaired) electrons. The molecule has 3 aromatic carbocycles. The number of ether oxygens (including phenoxy) is 2. The Bertz CT molecular complexity index is 949. The number of benzene rings is 3. The fraction of sp³-hybridized carbons (Fsp3) is 0.167. The van der Waals surface area contributed by atoms with Crippen molar-refractivity contribution >= 4 is 12.1 Å². The fourth-order valence-corrected chi connectivity index (χ4v) is 2.80. The summed E-state index contributed by atoms with van der Waals surface area (Å²) in [5.41, 5.74) is 2.58. The fourth-order valence-electron chi connectivity index (χ4n) is 2.80. The maximum absolute atomic E-state index is 12.0. The third kappa shape index (κ3) is 8.45. The second-order valence-electron chi connectivity index (χ2n) is 6.70. The van der Waals surface area contributed by atoms with Crippen molar-refractivity contribution in [3.8, 4) is 5.75 Å². The van der Waals surface area contributed by atoms with Crippen LogP contribution < -0.4 is 44.7 Å². The van der Waals surface area contributed by atoms with Gasteiger partial charge in [-0.05, 0) is 35.2 Å². The molecule has 6 nitrogen and oxygen atoms in total. The number of aliphatic carboxylic acids is 1. The second-order valence-corrected chi connectivity index (χ2v) is 6.70. The quantitative estimate of drug-likeness (QED) is 0.481. The van der Waals surface area contributed by atoms with Crippen LogP contribution in [0.25, 0.3) is 0 Å². The molecule has 0 heterocycles. The Morgan fingerprint density at radius 3 is 1.87 bits per heavy atom. The van der Waals surface area contributed by atoms with Gasteiger partial charge in [0.05, 0.1) is 12.0 Å². The molecule has 3 rings (SSSR count). The van der Waals surface area contributed by atoms with Crippen LogP contribution in [0.4, 0.5) is 4.79 Å². The number of rotatable bonds is 9. The molecule has 0 aliphatic heterocycles. The van der Waals surface area contributed by atoms with Crippen molar-refractivity contribution in [2.45, 2.75) is 25.7 Å². The zero-order chi connectivity index (χ0) is 21.2. The molecule has 1 N–H and O–H groups in total. The number of carboxylic acid groups (broad SMARTS) is 1. The Hall–Kier alpha value is -2.80. The van der Waals surface area contributed by atoms with Crippen LogP contribution in [0.5, 0.6) is 5.75 Å². The molecule has 0 spiro atoms. The van der Waals surface area contributed by atoms with E-state index in [1.165, 1.54) is 0 Å². The summed E-state index contributed by atoms with van der Waals surface area (Å²) in [5, 5.41) is 13.8. The van der Waals surface area contributed by atoms with Gasteiger partial charge in [0.25, 0.3) is 0 Å². The summed E-state index contributed by atoms with van der Waals surface area (Å²) in [7, 11) is 0. The van der Waals surface area contributed by atoms with Crippen molar-refractivity contribution in [3.05, 3.63) is 102 Å². The van der Waals surface area contributed by atoms with Gasteiger partial charge in [-0.2, -0.15) is 0 Å². The topological polar surface area (TPSA) is 87.7 Å². The predicted molar refractivity (Wildman–Crippen MR) is 109 cm³/mol. The van der Waals surface area contributed by atoms with Gasteiger partial charge < -0.3 is 24.7 Å². The van der Waals surface area contributed by atoms with E-state index >= 15 is 0 Å². The first-order valence-corrected chi connectivity index (χ1v) is 9.54. The minimum absolute atomic E-state index is 0. The van der Waals surface area contributed by atoms with Gasteiger partial charge in [-0.25, -0.2) is 4.79 Å². The van der Waals surface area contributed by atoms with Gasteiger partial charge in [-0.1, -0.05) is 72.8 Å². The zero-order valence-electron chi connectivity index (χ0n) is 17.3. The maximum atomic E-state index is 12.0. The third-order valence-electron chi connectivity index (χ3n) is 4.40. The molecule has 0 fully saturated rings. The molecule has 0 aliphatic carbocycles. The monoisotopic (exact) mass is 427 g/mol. The van der Waals surface area contributed by atoms with Crippen LogP contribution in [0, 0.1) is 0 Å². The maximum Gasteiger partial charge on any atom is 1.00 e. The molecule has 154 valence electrons. The van der Waals surface area contributed by atoms with Gasteiger partial charge in [0.15, 0.2) is 0 Å². The van der Waals surface area contributed by atoms with Crippen LogP contribution in [-0.4, -0.2) is 18.1 Å². The van der Waals surface area contributed by atoms with E-state index in [1.54, 1.807) is 24.3 Å². The van der Waals surface area contributed by atoms with Crippen LogP contribution in [0.15, 0.2) is 84.9 Å². The molecular weight excluding hydrogens is 405 g/mol. The van der Waals surface area contributed by atoms with E-state index in [2.05, 4.69) is 5.32 Å². The molecule has 3 aromatic rings. The summed E-state index contributed by atoms with van der Waals surface area (Å²) in [6.07, 6.45) is -0.738. The van der Waals surface area contributed by atoms with E-state index in [0.29, 0.717) is 12.4 Å². The van der Waals surface area contributed by atoms with E-state index in [4.69, 9.17) is 9.47 Å².